The van der Waals surface area contributed by atoms with Gasteiger partial charge in [0.1, 0.15) is 11.7 Å². The lowest BCUT2D eigenvalue weighted by atomic mass is 9.95. The van der Waals surface area contributed by atoms with Gasteiger partial charge in [-0.2, -0.15) is 5.26 Å². The van der Waals surface area contributed by atoms with E-state index < -0.39 is 11.7 Å². The van der Waals surface area contributed by atoms with Crippen molar-refractivity contribution in [2.24, 2.45) is 0 Å². The lowest BCUT2D eigenvalue weighted by Gasteiger charge is -2.08. The molecule has 1 aromatic heterocycles. The number of hydrogen-bond acceptors (Lipinski definition) is 3. The van der Waals surface area contributed by atoms with Crippen LogP contribution in [0.5, 0.6) is 0 Å². The number of thiophene rings is 1. The minimum Gasteiger partial charge on any atom is -0.291 e. The van der Waals surface area contributed by atoms with Crippen molar-refractivity contribution in [3.8, 4) is 6.07 Å². The Balaban J connectivity index is 2.35. The molecular formula is C15H12FNOS. The van der Waals surface area contributed by atoms with Gasteiger partial charge < -0.3 is 0 Å². The van der Waals surface area contributed by atoms with Crippen LogP contribution in [-0.4, -0.2) is 5.78 Å². The Labute approximate surface area is 115 Å². The van der Waals surface area contributed by atoms with E-state index in [1.54, 1.807) is 12.1 Å². The summed E-state index contributed by atoms with van der Waals surface area (Å²) in [5.41, 5.74) is 0.140. The zero-order chi connectivity index (χ0) is 13.8. The molecule has 0 aliphatic heterocycles. The van der Waals surface area contributed by atoms with Crippen molar-refractivity contribution in [3.63, 3.8) is 0 Å². The second kappa shape index (κ2) is 5.77. The van der Waals surface area contributed by atoms with Gasteiger partial charge in [0.15, 0.2) is 5.78 Å². The Morgan fingerprint density at radius 1 is 1.37 bits per heavy atom. The SMILES string of the molecule is CCc1ccc(C(=O)C(C#N)c2ccccc2F)s1. The van der Waals surface area contributed by atoms with Gasteiger partial charge in [0.05, 0.1) is 10.9 Å². The Morgan fingerprint density at radius 3 is 2.68 bits per heavy atom. The molecule has 1 aromatic carbocycles. The third-order valence-electron chi connectivity index (χ3n) is 2.86. The van der Waals surface area contributed by atoms with Crippen molar-refractivity contribution >= 4 is 17.1 Å². The summed E-state index contributed by atoms with van der Waals surface area (Å²) in [6, 6.07) is 11.4. The fraction of sp³-hybridized carbons (Fsp3) is 0.200. The van der Waals surface area contributed by atoms with Crippen LogP contribution in [0.25, 0.3) is 0 Å². The second-order valence-electron chi connectivity index (χ2n) is 4.07. The van der Waals surface area contributed by atoms with Gasteiger partial charge in [0, 0.05) is 10.4 Å². The first-order chi connectivity index (χ1) is 9.17. The lowest BCUT2D eigenvalue weighted by molar-refractivity contribution is 0.0981. The molecule has 0 aliphatic carbocycles. The number of carbonyl (C=O) groups excluding carboxylic acids is 1. The van der Waals surface area contributed by atoms with Crippen LogP contribution in [0.2, 0.25) is 0 Å². The monoisotopic (exact) mass is 273 g/mol. The smallest absolute Gasteiger partial charge is 0.194 e. The van der Waals surface area contributed by atoms with Crippen LogP contribution in [0, 0.1) is 17.1 Å². The zero-order valence-electron chi connectivity index (χ0n) is 10.4. The number of benzene rings is 1. The summed E-state index contributed by atoms with van der Waals surface area (Å²) in [6.45, 7) is 2.00. The van der Waals surface area contributed by atoms with Crippen LogP contribution >= 0.6 is 11.3 Å². The zero-order valence-corrected chi connectivity index (χ0v) is 11.2. The Kier molecular flexibility index (Phi) is 4.08. The highest BCUT2D eigenvalue weighted by atomic mass is 32.1. The molecule has 0 amide bonds. The quantitative estimate of drug-likeness (QED) is 0.792. The molecule has 1 heterocycles. The van der Waals surface area contributed by atoms with Crippen LogP contribution in [0.4, 0.5) is 4.39 Å². The molecule has 4 heteroatoms. The summed E-state index contributed by atoms with van der Waals surface area (Å²) in [6.07, 6.45) is 0.842. The predicted molar refractivity (Wildman–Crippen MR) is 72.8 cm³/mol. The molecule has 0 N–H and O–H groups in total. The van der Waals surface area contributed by atoms with E-state index in [0.29, 0.717) is 4.88 Å². The Morgan fingerprint density at radius 2 is 2.11 bits per heavy atom. The van der Waals surface area contributed by atoms with E-state index in [1.807, 2.05) is 19.1 Å². The summed E-state index contributed by atoms with van der Waals surface area (Å²) >= 11 is 1.36. The molecule has 0 spiro atoms. The molecule has 1 unspecified atom stereocenters. The van der Waals surface area contributed by atoms with E-state index >= 15 is 0 Å². The molecular weight excluding hydrogens is 261 g/mol. The molecule has 2 aromatic rings. The summed E-state index contributed by atoms with van der Waals surface area (Å²) in [5.74, 6) is -1.93. The second-order valence-corrected chi connectivity index (χ2v) is 5.24. The third-order valence-corrected chi connectivity index (χ3v) is 4.10. The van der Waals surface area contributed by atoms with Crippen molar-refractivity contribution < 1.29 is 9.18 Å². The number of hydrogen-bond donors (Lipinski definition) is 0. The molecule has 0 fully saturated rings. The summed E-state index contributed by atoms with van der Waals surface area (Å²) in [4.78, 5) is 13.9. The molecule has 1 atom stereocenters. The van der Waals surface area contributed by atoms with E-state index in [1.165, 1.54) is 29.5 Å². The van der Waals surface area contributed by atoms with Gasteiger partial charge in [0.25, 0.3) is 0 Å². The van der Waals surface area contributed by atoms with Crippen molar-refractivity contribution in [1.82, 2.24) is 0 Å². The molecule has 0 aliphatic rings. The number of carbonyl (C=O) groups is 1. The van der Waals surface area contributed by atoms with Gasteiger partial charge in [-0.1, -0.05) is 25.1 Å². The summed E-state index contributed by atoms with van der Waals surface area (Å²) in [5, 5.41) is 9.17. The number of halogens is 1. The minimum atomic E-state index is -1.08. The van der Waals surface area contributed by atoms with E-state index in [-0.39, 0.29) is 11.3 Å². The van der Waals surface area contributed by atoms with E-state index in [9.17, 15) is 9.18 Å². The third kappa shape index (κ3) is 2.72. The van der Waals surface area contributed by atoms with Gasteiger partial charge in [-0.3, -0.25) is 4.79 Å². The largest absolute Gasteiger partial charge is 0.291 e. The fourth-order valence-electron chi connectivity index (χ4n) is 1.82. The van der Waals surface area contributed by atoms with Gasteiger partial charge in [-0.15, -0.1) is 11.3 Å². The van der Waals surface area contributed by atoms with Crippen molar-refractivity contribution in [2.75, 3.05) is 0 Å². The van der Waals surface area contributed by atoms with Gasteiger partial charge in [-0.25, -0.2) is 4.39 Å². The van der Waals surface area contributed by atoms with Crippen LogP contribution in [-0.2, 0) is 6.42 Å². The summed E-state index contributed by atoms with van der Waals surface area (Å²) in [7, 11) is 0. The van der Waals surface area contributed by atoms with Crippen LogP contribution in [0.3, 0.4) is 0 Å². The maximum atomic E-state index is 13.7. The first-order valence-corrected chi connectivity index (χ1v) is 6.76. The van der Waals surface area contributed by atoms with Crippen molar-refractivity contribution in [3.05, 3.63) is 57.5 Å². The first-order valence-electron chi connectivity index (χ1n) is 5.94. The van der Waals surface area contributed by atoms with Crippen LogP contribution in [0.15, 0.2) is 36.4 Å². The standard InChI is InChI=1S/C15H12FNOS/c1-2-10-7-8-14(19-10)15(18)12(9-17)11-5-3-4-6-13(11)16/h3-8,12H,2H2,1H3. The van der Waals surface area contributed by atoms with Crippen LogP contribution in [0.1, 0.15) is 33.0 Å². The molecule has 19 heavy (non-hydrogen) atoms. The maximum absolute atomic E-state index is 13.7. The maximum Gasteiger partial charge on any atom is 0.194 e. The molecule has 0 saturated heterocycles. The number of nitrogens with zero attached hydrogens (tertiary/aromatic N) is 1. The van der Waals surface area contributed by atoms with Crippen LogP contribution < -0.4 is 0 Å². The molecule has 96 valence electrons. The highest BCUT2D eigenvalue weighted by Gasteiger charge is 2.25. The molecule has 2 rings (SSSR count). The highest BCUT2D eigenvalue weighted by molar-refractivity contribution is 7.14. The van der Waals surface area contributed by atoms with Crippen molar-refractivity contribution in [2.45, 2.75) is 19.3 Å². The number of ketones is 1. The van der Waals surface area contributed by atoms with Gasteiger partial charge in [-0.05, 0) is 24.6 Å². The minimum absolute atomic E-state index is 0.140. The Bertz CT molecular complexity index is 642. The van der Waals surface area contributed by atoms with Crippen molar-refractivity contribution in [1.29, 1.82) is 5.26 Å². The molecule has 0 radical (unpaired) electrons. The normalized spacial score (nSPS) is 11.8. The number of rotatable bonds is 4. The molecule has 0 bridgehead atoms. The average Bonchev–Trinajstić information content (AvgIpc) is 2.90. The van der Waals surface area contributed by atoms with Gasteiger partial charge >= 0.3 is 0 Å². The fourth-order valence-corrected chi connectivity index (χ4v) is 2.74. The lowest BCUT2D eigenvalue weighted by Crippen LogP contribution is -2.11. The molecule has 0 saturated carbocycles. The van der Waals surface area contributed by atoms with E-state index in [4.69, 9.17) is 5.26 Å². The van der Waals surface area contributed by atoms with E-state index in [2.05, 4.69) is 0 Å². The first kappa shape index (κ1) is 13.4. The Hall–Kier alpha value is -1.99. The number of aryl methyl sites for hydroxylation is 1. The topological polar surface area (TPSA) is 40.9 Å². The van der Waals surface area contributed by atoms with Gasteiger partial charge in [0.2, 0.25) is 0 Å². The number of Topliss-reactive ketones (excluding diaryl/α,β-unsaturated/α-hetero) is 1. The molecule has 2 nitrogen and oxygen atoms in total. The number of nitriles is 1. The summed E-state index contributed by atoms with van der Waals surface area (Å²) < 4.78 is 13.7. The average molecular weight is 273 g/mol. The van der Waals surface area contributed by atoms with E-state index in [0.717, 1.165) is 11.3 Å². The predicted octanol–water partition coefficient (Wildman–Crippen LogP) is 3.94. The highest BCUT2D eigenvalue weighted by Crippen LogP contribution is 2.26.